The van der Waals surface area contributed by atoms with Crippen LogP contribution in [0.5, 0.6) is 11.5 Å². The van der Waals surface area contributed by atoms with Gasteiger partial charge in [0, 0.05) is 0 Å². The molecule has 0 spiro atoms. The van der Waals surface area contributed by atoms with Crippen LogP contribution in [-0.2, 0) is 0 Å². The summed E-state index contributed by atoms with van der Waals surface area (Å²) < 4.78 is 10.6. The standard InChI is InChI=1S/C24H22O2/c1-25-23-11-5-7-19(17-23)13-15-21-9-3-4-10-22(21)16-14-20-8-6-12-24(18-20)26-2/h3-18H,1-2H3/b15-13+,16-14+. The van der Waals surface area contributed by atoms with Crippen LogP contribution in [-0.4, -0.2) is 14.2 Å². The minimum Gasteiger partial charge on any atom is -0.497 e. The molecule has 0 fully saturated rings. The molecular formula is C24H22O2. The fraction of sp³-hybridized carbons (Fsp3) is 0.0833. The van der Waals surface area contributed by atoms with Crippen LogP contribution in [0.25, 0.3) is 24.3 Å². The van der Waals surface area contributed by atoms with Crippen LogP contribution in [0.1, 0.15) is 22.3 Å². The molecule has 0 radical (unpaired) electrons. The molecule has 0 saturated carbocycles. The molecule has 0 saturated heterocycles. The van der Waals surface area contributed by atoms with Gasteiger partial charge in [0.25, 0.3) is 0 Å². The summed E-state index contributed by atoms with van der Waals surface area (Å²) in [5, 5.41) is 0. The highest BCUT2D eigenvalue weighted by molar-refractivity contribution is 5.79. The number of methoxy groups -OCH3 is 2. The van der Waals surface area contributed by atoms with E-state index in [-0.39, 0.29) is 0 Å². The predicted molar refractivity (Wildman–Crippen MR) is 110 cm³/mol. The molecule has 3 rings (SSSR count). The molecule has 0 heterocycles. The van der Waals surface area contributed by atoms with Gasteiger partial charge in [-0.2, -0.15) is 0 Å². The van der Waals surface area contributed by atoms with Crippen molar-refractivity contribution in [3.63, 3.8) is 0 Å². The number of hydrogen-bond acceptors (Lipinski definition) is 2. The van der Waals surface area contributed by atoms with E-state index in [4.69, 9.17) is 9.47 Å². The first-order chi connectivity index (χ1) is 12.8. The third-order valence-electron chi connectivity index (χ3n) is 4.09. The lowest BCUT2D eigenvalue weighted by atomic mass is 10.0. The maximum atomic E-state index is 5.28. The monoisotopic (exact) mass is 342 g/mol. The van der Waals surface area contributed by atoms with E-state index in [9.17, 15) is 0 Å². The molecular weight excluding hydrogens is 320 g/mol. The fourth-order valence-electron chi connectivity index (χ4n) is 2.68. The Morgan fingerprint density at radius 3 is 1.42 bits per heavy atom. The van der Waals surface area contributed by atoms with Crippen LogP contribution in [0.2, 0.25) is 0 Å². The number of ether oxygens (including phenoxy) is 2. The maximum absolute atomic E-state index is 5.28. The second kappa shape index (κ2) is 8.72. The van der Waals surface area contributed by atoms with Crippen LogP contribution in [0.3, 0.4) is 0 Å². The highest BCUT2D eigenvalue weighted by atomic mass is 16.5. The average molecular weight is 342 g/mol. The molecule has 0 aliphatic carbocycles. The number of rotatable bonds is 6. The zero-order valence-electron chi connectivity index (χ0n) is 15.1. The largest absolute Gasteiger partial charge is 0.497 e. The van der Waals surface area contributed by atoms with Gasteiger partial charge in [0.1, 0.15) is 11.5 Å². The summed E-state index contributed by atoms with van der Waals surface area (Å²) in [5.74, 6) is 1.72. The van der Waals surface area contributed by atoms with Gasteiger partial charge in [-0.25, -0.2) is 0 Å². The normalized spacial score (nSPS) is 11.2. The quantitative estimate of drug-likeness (QED) is 0.508. The molecule has 3 aromatic carbocycles. The Hall–Kier alpha value is -3.26. The SMILES string of the molecule is COc1cccc(/C=C/c2ccccc2/C=C/c2cccc(OC)c2)c1. The fourth-order valence-corrected chi connectivity index (χ4v) is 2.68. The van der Waals surface area contributed by atoms with Gasteiger partial charge in [0.2, 0.25) is 0 Å². The Labute approximate surface area is 155 Å². The Morgan fingerprint density at radius 2 is 1.00 bits per heavy atom. The summed E-state index contributed by atoms with van der Waals surface area (Å²) >= 11 is 0. The van der Waals surface area contributed by atoms with Crippen LogP contribution in [0.4, 0.5) is 0 Å². The van der Waals surface area contributed by atoms with Crippen LogP contribution in [0.15, 0.2) is 72.8 Å². The average Bonchev–Trinajstić information content (AvgIpc) is 2.71. The summed E-state index contributed by atoms with van der Waals surface area (Å²) in [4.78, 5) is 0. The molecule has 0 aliphatic rings. The van der Waals surface area contributed by atoms with Gasteiger partial charge in [0.15, 0.2) is 0 Å². The zero-order valence-corrected chi connectivity index (χ0v) is 15.1. The van der Waals surface area contributed by atoms with Gasteiger partial charge in [-0.3, -0.25) is 0 Å². The van der Waals surface area contributed by atoms with Gasteiger partial charge in [-0.05, 0) is 46.5 Å². The van der Waals surface area contributed by atoms with Crippen molar-refractivity contribution in [1.82, 2.24) is 0 Å². The summed E-state index contributed by atoms with van der Waals surface area (Å²) in [6.45, 7) is 0. The molecule has 2 heteroatoms. The van der Waals surface area contributed by atoms with Crippen molar-refractivity contribution in [2.24, 2.45) is 0 Å². The van der Waals surface area contributed by atoms with Gasteiger partial charge >= 0.3 is 0 Å². The molecule has 130 valence electrons. The van der Waals surface area contributed by atoms with Crippen molar-refractivity contribution in [2.75, 3.05) is 14.2 Å². The van der Waals surface area contributed by atoms with Gasteiger partial charge in [0.05, 0.1) is 14.2 Å². The van der Waals surface area contributed by atoms with E-state index in [0.29, 0.717) is 0 Å². The zero-order chi connectivity index (χ0) is 18.2. The molecule has 0 amide bonds. The summed E-state index contributed by atoms with van der Waals surface area (Å²) in [7, 11) is 3.36. The van der Waals surface area contributed by atoms with E-state index in [1.807, 2.05) is 48.5 Å². The molecule has 0 bridgehead atoms. The predicted octanol–water partition coefficient (Wildman–Crippen LogP) is 6.04. The lowest BCUT2D eigenvalue weighted by Gasteiger charge is -2.03. The molecule has 0 atom stereocenters. The first kappa shape index (κ1) is 17.6. The van der Waals surface area contributed by atoms with Crippen LogP contribution < -0.4 is 9.47 Å². The van der Waals surface area contributed by atoms with Crippen molar-refractivity contribution in [3.8, 4) is 11.5 Å². The van der Waals surface area contributed by atoms with Crippen molar-refractivity contribution in [2.45, 2.75) is 0 Å². The molecule has 26 heavy (non-hydrogen) atoms. The number of benzene rings is 3. The van der Waals surface area contributed by atoms with E-state index < -0.39 is 0 Å². The molecule has 0 N–H and O–H groups in total. The Balaban J connectivity index is 1.83. The molecule has 3 aromatic rings. The van der Waals surface area contributed by atoms with Crippen LogP contribution >= 0.6 is 0 Å². The Kier molecular flexibility index (Phi) is 5.89. The first-order valence-corrected chi connectivity index (χ1v) is 8.52. The van der Waals surface area contributed by atoms with Crippen molar-refractivity contribution >= 4 is 24.3 Å². The lowest BCUT2D eigenvalue weighted by Crippen LogP contribution is -1.83. The highest BCUT2D eigenvalue weighted by Crippen LogP contribution is 2.20. The minimum absolute atomic E-state index is 0.860. The highest BCUT2D eigenvalue weighted by Gasteiger charge is 1.97. The van der Waals surface area contributed by atoms with E-state index in [2.05, 4.69) is 48.6 Å². The van der Waals surface area contributed by atoms with E-state index in [1.165, 1.54) is 0 Å². The molecule has 0 aromatic heterocycles. The third-order valence-corrected chi connectivity index (χ3v) is 4.09. The Morgan fingerprint density at radius 1 is 0.538 bits per heavy atom. The topological polar surface area (TPSA) is 18.5 Å². The van der Waals surface area contributed by atoms with E-state index in [0.717, 1.165) is 33.8 Å². The molecule has 0 aliphatic heterocycles. The van der Waals surface area contributed by atoms with Crippen molar-refractivity contribution in [1.29, 1.82) is 0 Å². The third kappa shape index (κ3) is 4.64. The molecule has 2 nitrogen and oxygen atoms in total. The summed E-state index contributed by atoms with van der Waals surface area (Å²) in [6, 6.07) is 24.4. The minimum atomic E-state index is 0.860. The molecule has 0 unspecified atom stereocenters. The smallest absolute Gasteiger partial charge is 0.119 e. The summed E-state index contributed by atoms with van der Waals surface area (Å²) in [6.07, 6.45) is 8.45. The number of hydrogen-bond donors (Lipinski definition) is 0. The second-order valence-electron chi connectivity index (χ2n) is 5.85. The van der Waals surface area contributed by atoms with Crippen molar-refractivity contribution in [3.05, 3.63) is 95.1 Å². The second-order valence-corrected chi connectivity index (χ2v) is 5.85. The Bertz CT molecular complexity index is 846. The van der Waals surface area contributed by atoms with Crippen LogP contribution in [0, 0.1) is 0 Å². The van der Waals surface area contributed by atoms with Gasteiger partial charge < -0.3 is 9.47 Å². The lowest BCUT2D eigenvalue weighted by molar-refractivity contribution is 0.414. The van der Waals surface area contributed by atoms with E-state index in [1.54, 1.807) is 14.2 Å². The van der Waals surface area contributed by atoms with E-state index >= 15 is 0 Å². The summed E-state index contributed by atoms with van der Waals surface area (Å²) in [5.41, 5.74) is 4.54. The van der Waals surface area contributed by atoms with Crippen molar-refractivity contribution < 1.29 is 9.47 Å². The first-order valence-electron chi connectivity index (χ1n) is 8.52. The van der Waals surface area contributed by atoms with Gasteiger partial charge in [-0.1, -0.05) is 72.8 Å². The maximum Gasteiger partial charge on any atom is 0.119 e. The van der Waals surface area contributed by atoms with Gasteiger partial charge in [-0.15, -0.1) is 0 Å².